The molecule has 0 unspecified atom stereocenters. The Bertz CT molecular complexity index is 438. The molecule has 1 aromatic heterocycles. The summed E-state index contributed by atoms with van der Waals surface area (Å²) in [5, 5.41) is 0. The van der Waals surface area contributed by atoms with Gasteiger partial charge in [-0.25, -0.2) is 0 Å². The van der Waals surface area contributed by atoms with Gasteiger partial charge in [0.05, 0.1) is 5.69 Å². The van der Waals surface area contributed by atoms with E-state index in [2.05, 4.69) is 64.7 Å². The van der Waals surface area contributed by atoms with Gasteiger partial charge in [-0.3, -0.25) is 0 Å². The molecule has 0 radical (unpaired) electrons. The van der Waals surface area contributed by atoms with Crippen molar-refractivity contribution in [2.45, 2.75) is 13.8 Å². The lowest BCUT2D eigenvalue weighted by molar-refractivity contribution is 0.960. The topological polar surface area (TPSA) is 4.93 Å². The summed E-state index contributed by atoms with van der Waals surface area (Å²) in [6.45, 7) is 4.24. The van der Waals surface area contributed by atoms with Gasteiger partial charge in [-0.15, -0.1) is 0 Å². The molecule has 0 saturated heterocycles. The molecule has 0 aliphatic heterocycles. The number of benzene rings is 1. The van der Waals surface area contributed by atoms with E-state index in [1.807, 2.05) is 6.07 Å². The number of hydrogen-bond acceptors (Lipinski definition) is 0. The highest BCUT2D eigenvalue weighted by molar-refractivity contribution is 9.10. The highest BCUT2D eigenvalue weighted by Crippen LogP contribution is 2.23. The number of aryl methyl sites for hydroxylation is 2. The molecule has 0 spiro atoms. The van der Waals surface area contributed by atoms with Crippen LogP contribution in [0.3, 0.4) is 0 Å². The quantitative estimate of drug-likeness (QED) is 0.724. The summed E-state index contributed by atoms with van der Waals surface area (Å²) in [5.41, 5.74) is 3.72. The summed E-state index contributed by atoms with van der Waals surface area (Å²) in [4.78, 5) is 0. The first-order chi connectivity index (χ1) is 6.70. The van der Waals surface area contributed by atoms with Crippen molar-refractivity contribution >= 4 is 15.9 Å². The molecule has 2 rings (SSSR count). The Balaban J connectivity index is 2.66. The van der Waals surface area contributed by atoms with E-state index in [1.54, 1.807) is 0 Å². The molecule has 0 amide bonds. The lowest BCUT2D eigenvalue weighted by Crippen LogP contribution is -1.99. The lowest BCUT2D eigenvalue weighted by Gasteiger charge is -2.10. The number of halogens is 1. The van der Waals surface area contributed by atoms with Crippen LogP contribution in [0.2, 0.25) is 0 Å². The van der Waals surface area contributed by atoms with Gasteiger partial charge in [-0.05, 0) is 54.0 Å². The van der Waals surface area contributed by atoms with Crippen LogP contribution in [0.25, 0.3) is 5.69 Å². The van der Waals surface area contributed by atoms with Gasteiger partial charge in [0.15, 0.2) is 0 Å². The molecule has 72 valence electrons. The summed E-state index contributed by atoms with van der Waals surface area (Å²) < 4.78 is 3.37. The Morgan fingerprint density at radius 2 is 1.50 bits per heavy atom. The Morgan fingerprint density at radius 1 is 0.929 bits per heavy atom. The second kappa shape index (κ2) is 3.62. The SMILES string of the molecule is Cc1ccc(C)n1-c1ccccc1Br. The minimum Gasteiger partial charge on any atom is -0.317 e. The average molecular weight is 250 g/mol. The van der Waals surface area contributed by atoms with Crippen molar-refractivity contribution in [2.24, 2.45) is 0 Å². The molecule has 0 fully saturated rings. The summed E-state index contributed by atoms with van der Waals surface area (Å²) in [6.07, 6.45) is 0. The van der Waals surface area contributed by atoms with Crippen LogP contribution in [0.4, 0.5) is 0 Å². The molecular formula is C12H12BrN. The number of aromatic nitrogens is 1. The van der Waals surface area contributed by atoms with Crippen LogP contribution in [0, 0.1) is 13.8 Å². The zero-order valence-electron chi connectivity index (χ0n) is 8.29. The van der Waals surface area contributed by atoms with Crippen molar-refractivity contribution in [3.8, 4) is 5.69 Å². The molecule has 2 heteroatoms. The van der Waals surface area contributed by atoms with Gasteiger partial charge >= 0.3 is 0 Å². The van der Waals surface area contributed by atoms with Crippen LogP contribution >= 0.6 is 15.9 Å². The maximum absolute atomic E-state index is 3.57. The van der Waals surface area contributed by atoms with E-state index >= 15 is 0 Å². The van der Waals surface area contributed by atoms with Crippen LogP contribution in [0.1, 0.15) is 11.4 Å². The number of para-hydroxylation sites is 1. The molecule has 0 aliphatic carbocycles. The Hall–Kier alpha value is -1.02. The zero-order valence-corrected chi connectivity index (χ0v) is 9.88. The summed E-state index contributed by atoms with van der Waals surface area (Å²) in [5.74, 6) is 0. The van der Waals surface area contributed by atoms with Crippen molar-refractivity contribution < 1.29 is 0 Å². The molecule has 2 aromatic rings. The van der Waals surface area contributed by atoms with Crippen LogP contribution in [0.15, 0.2) is 40.9 Å². The molecule has 0 bridgehead atoms. The van der Waals surface area contributed by atoms with Gasteiger partial charge < -0.3 is 4.57 Å². The van der Waals surface area contributed by atoms with Crippen molar-refractivity contribution in [1.82, 2.24) is 4.57 Å². The van der Waals surface area contributed by atoms with Crippen LogP contribution < -0.4 is 0 Å². The van der Waals surface area contributed by atoms with E-state index in [9.17, 15) is 0 Å². The standard InChI is InChI=1S/C12H12BrN/c1-9-7-8-10(2)14(9)12-6-4-3-5-11(12)13/h3-8H,1-2H3. The Labute approximate surface area is 92.5 Å². The van der Waals surface area contributed by atoms with Gasteiger partial charge in [-0.2, -0.15) is 0 Å². The van der Waals surface area contributed by atoms with Crippen LogP contribution in [-0.4, -0.2) is 4.57 Å². The lowest BCUT2D eigenvalue weighted by atomic mass is 10.3. The highest BCUT2D eigenvalue weighted by atomic mass is 79.9. The van der Waals surface area contributed by atoms with E-state index in [1.165, 1.54) is 17.1 Å². The molecular weight excluding hydrogens is 238 g/mol. The fraction of sp³-hybridized carbons (Fsp3) is 0.167. The van der Waals surface area contributed by atoms with E-state index in [0.29, 0.717) is 0 Å². The summed E-state index contributed by atoms with van der Waals surface area (Å²) in [6, 6.07) is 12.5. The first-order valence-electron chi connectivity index (χ1n) is 4.60. The second-order valence-corrected chi connectivity index (χ2v) is 4.26. The Kier molecular flexibility index (Phi) is 2.46. The number of hydrogen-bond donors (Lipinski definition) is 0. The third kappa shape index (κ3) is 1.50. The van der Waals surface area contributed by atoms with Gasteiger partial charge in [0, 0.05) is 15.9 Å². The van der Waals surface area contributed by atoms with Crippen molar-refractivity contribution in [3.63, 3.8) is 0 Å². The van der Waals surface area contributed by atoms with Crippen LogP contribution in [0.5, 0.6) is 0 Å². The first-order valence-corrected chi connectivity index (χ1v) is 5.39. The fourth-order valence-corrected chi connectivity index (χ4v) is 2.14. The van der Waals surface area contributed by atoms with Crippen molar-refractivity contribution in [2.75, 3.05) is 0 Å². The van der Waals surface area contributed by atoms with E-state index in [0.717, 1.165) is 4.47 Å². The molecule has 1 nitrogen and oxygen atoms in total. The normalized spacial score (nSPS) is 10.5. The number of nitrogens with zero attached hydrogens (tertiary/aromatic N) is 1. The predicted octanol–water partition coefficient (Wildman–Crippen LogP) is 3.86. The third-order valence-corrected chi connectivity index (χ3v) is 3.04. The molecule has 0 atom stereocenters. The maximum atomic E-state index is 3.57. The minimum absolute atomic E-state index is 1.13. The monoisotopic (exact) mass is 249 g/mol. The average Bonchev–Trinajstić information content (AvgIpc) is 2.48. The van der Waals surface area contributed by atoms with E-state index < -0.39 is 0 Å². The van der Waals surface area contributed by atoms with Crippen LogP contribution in [-0.2, 0) is 0 Å². The largest absolute Gasteiger partial charge is 0.317 e. The molecule has 1 heterocycles. The zero-order chi connectivity index (χ0) is 10.1. The smallest absolute Gasteiger partial charge is 0.0597 e. The molecule has 1 aromatic carbocycles. The molecule has 14 heavy (non-hydrogen) atoms. The molecule has 0 saturated carbocycles. The Morgan fingerprint density at radius 3 is 2.07 bits per heavy atom. The molecule has 0 N–H and O–H groups in total. The summed E-state index contributed by atoms with van der Waals surface area (Å²) in [7, 11) is 0. The number of rotatable bonds is 1. The molecule has 0 aliphatic rings. The predicted molar refractivity (Wildman–Crippen MR) is 62.9 cm³/mol. The van der Waals surface area contributed by atoms with E-state index in [4.69, 9.17) is 0 Å². The fourth-order valence-electron chi connectivity index (χ4n) is 1.68. The third-order valence-electron chi connectivity index (χ3n) is 2.36. The summed E-state index contributed by atoms with van der Waals surface area (Å²) >= 11 is 3.57. The van der Waals surface area contributed by atoms with Gasteiger partial charge in [0.25, 0.3) is 0 Å². The van der Waals surface area contributed by atoms with Crippen molar-refractivity contribution in [3.05, 3.63) is 52.3 Å². The second-order valence-electron chi connectivity index (χ2n) is 3.40. The highest BCUT2D eigenvalue weighted by Gasteiger charge is 2.05. The minimum atomic E-state index is 1.13. The van der Waals surface area contributed by atoms with E-state index in [-0.39, 0.29) is 0 Å². The van der Waals surface area contributed by atoms with Gasteiger partial charge in [0.2, 0.25) is 0 Å². The van der Waals surface area contributed by atoms with Gasteiger partial charge in [0.1, 0.15) is 0 Å². The first kappa shape index (κ1) is 9.53. The van der Waals surface area contributed by atoms with Crippen molar-refractivity contribution in [1.29, 1.82) is 0 Å². The maximum Gasteiger partial charge on any atom is 0.0597 e. The van der Waals surface area contributed by atoms with Gasteiger partial charge in [-0.1, -0.05) is 12.1 Å².